The summed E-state index contributed by atoms with van der Waals surface area (Å²) in [6.45, 7) is 4.33. The summed E-state index contributed by atoms with van der Waals surface area (Å²) in [5.41, 5.74) is 5.20. The van der Waals surface area contributed by atoms with Crippen molar-refractivity contribution in [3.63, 3.8) is 0 Å². The van der Waals surface area contributed by atoms with E-state index in [9.17, 15) is 0 Å². The van der Waals surface area contributed by atoms with Crippen molar-refractivity contribution in [2.24, 2.45) is 0 Å². The molecule has 0 heterocycles. The number of aryl methyl sites for hydroxylation is 2. The molecule has 0 aliphatic heterocycles. The van der Waals surface area contributed by atoms with Gasteiger partial charge in [0.05, 0.1) is 4.83 Å². The molecule has 20 heavy (non-hydrogen) atoms. The highest BCUT2D eigenvalue weighted by atomic mass is 79.9. The molecule has 0 spiro atoms. The van der Waals surface area contributed by atoms with Crippen LogP contribution in [0.2, 0.25) is 5.02 Å². The molecule has 0 amide bonds. The largest absolute Gasteiger partial charge is 0.0843 e. The van der Waals surface area contributed by atoms with E-state index in [0.717, 1.165) is 5.02 Å². The van der Waals surface area contributed by atoms with Gasteiger partial charge in [0.25, 0.3) is 0 Å². The van der Waals surface area contributed by atoms with Crippen LogP contribution in [-0.2, 0) is 6.42 Å². The van der Waals surface area contributed by atoms with Crippen LogP contribution in [0.1, 0.15) is 46.8 Å². The Hall–Kier alpha value is -0.790. The molecular formula is C18H20BrCl. The Bertz CT molecular complexity index is 560. The molecule has 0 aliphatic rings. The lowest BCUT2D eigenvalue weighted by molar-refractivity contribution is 0.795. The first kappa shape index (κ1) is 15.6. The topological polar surface area (TPSA) is 0 Å². The first-order chi connectivity index (χ1) is 9.61. The number of unbranched alkanes of at least 4 members (excludes halogenated alkanes) is 1. The predicted octanol–water partition coefficient (Wildman–Crippen LogP) is 6.48. The van der Waals surface area contributed by atoms with Gasteiger partial charge in [-0.2, -0.15) is 0 Å². The molecule has 2 aromatic rings. The highest BCUT2D eigenvalue weighted by molar-refractivity contribution is 9.09. The maximum atomic E-state index is 6.02. The molecule has 1 atom stereocenters. The van der Waals surface area contributed by atoms with Crippen LogP contribution in [0.15, 0.2) is 42.5 Å². The summed E-state index contributed by atoms with van der Waals surface area (Å²) >= 11 is 9.83. The van der Waals surface area contributed by atoms with Crippen LogP contribution >= 0.6 is 27.5 Å². The zero-order chi connectivity index (χ0) is 14.5. The van der Waals surface area contributed by atoms with Crippen LogP contribution in [-0.4, -0.2) is 0 Å². The van der Waals surface area contributed by atoms with E-state index in [-0.39, 0.29) is 4.83 Å². The van der Waals surface area contributed by atoms with E-state index in [1.165, 1.54) is 41.5 Å². The van der Waals surface area contributed by atoms with Gasteiger partial charge in [-0.3, -0.25) is 0 Å². The van der Waals surface area contributed by atoms with Crippen molar-refractivity contribution in [1.29, 1.82) is 0 Å². The monoisotopic (exact) mass is 350 g/mol. The Morgan fingerprint density at radius 1 is 1.10 bits per heavy atom. The van der Waals surface area contributed by atoms with Crippen LogP contribution in [0.4, 0.5) is 0 Å². The van der Waals surface area contributed by atoms with Crippen molar-refractivity contribution in [2.75, 3.05) is 0 Å². The molecule has 0 N–H and O–H groups in total. The third kappa shape index (κ3) is 3.86. The minimum absolute atomic E-state index is 0.222. The fourth-order valence-corrected chi connectivity index (χ4v) is 3.38. The van der Waals surface area contributed by atoms with Crippen molar-refractivity contribution in [3.05, 3.63) is 69.7 Å². The number of alkyl halides is 1. The smallest absolute Gasteiger partial charge is 0.0647 e. The Labute approximate surface area is 135 Å². The van der Waals surface area contributed by atoms with Gasteiger partial charge in [0.1, 0.15) is 0 Å². The van der Waals surface area contributed by atoms with Crippen LogP contribution in [0.3, 0.4) is 0 Å². The number of hydrogen-bond acceptors (Lipinski definition) is 0. The fourth-order valence-electron chi connectivity index (χ4n) is 2.34. The summed E-state index contributed by atoms with van der Waals surface area (Å²) in [6, 6.07) is 15.0. The van der Waals surface area contributed by atoms with E-state index in [1.807, 2.05) is 12.1 Å². The second kappa shape index (κ2) is 7.28. The average Bonchev–Trinajstić information content (AvgIpc) is 2.45. The van der Waals surface area contributed by atoms with Gasteiger partial charge in [0.15, 0.2) is 0 Å². The van der Waals surface area contributed by atoms with Crippen molar-refractivity contribution >= 4 is 27.5 Å². The maximum Gasteiger partial charge on any atom is 0.0647 e. The summed E-state index contributed by atoms with van der Waals surface area (Å²) < 4.78 is 0. The standard InChI is InChI=1S/C18H20BrCl/c1-3-4-5-14-6-8-15(9-7-14)18(19)17-11-10-16(20)12-13(17)2/h6-12,18H,3-5H2,1-2H3. The third-order valence-electron chi connectivity index (χ3n) is 3.60. The van der Waals surface area contributed by atoms with Gasteiger partial charge in [-0.25, -0.2) is 0 Å². The van der Waals surface area contributed by atoms with E-state index in [4.69, 9.17) is 11.6 Å². The molecular weight excluding hydrogens is 332 g/mol. The SMILES string of the molecule is CCCCc1ccc(C(Br)c2ccc(Cl)cc2C)cc1. The van der Waals surface area contributed by atoms with Gasteiger partial charge < -0.3 is 0 Å². The first-order valence-electron chi connectivity index (χ1n) is 7.10. The summed E-state index contributed by atoms with van der Waals surface area (Å²) in [6.07, 6.45) is 3.67. The zero-order valence-electron chi connectivity index (χ0n) is 12.0. The van der Waals surface area contributed by atoms with Gasteiger partial charge in [-0.15, -0.1) is 0 Å². The Morgan fingerprint density at radius 3 is 2.40 bits per heavy atom. The second-order valence-electron chi connectivity index (χ2n) is 5.21. The van der Waals surface area contributed by atoms with Crippen LogP contribution in [0.5, 0.6) is 0 Å². The molecule has 1 unspecified atom stereocenters. The van der Waals surface area contributed by atoms with Gasteiger partial charge in [-0.1, -0.05) is 71.2 Å². The molecule has 0 nitrogen and oxygen atoms in total. The fraction of sp³-hybridized carbons (Fsp3) is 0.333. The van der Waals surface area contributed by atoms with Gasteiger partial charge >= 0.3 is 0 Å². The predicted molar refractivity (Wildman–Crippen MR) is 92.0 cm³/mol. The lowest BCUT2D eigenvalue weighted by atomic mass is 9.98. The molecule has 0 saturated carbocycles. The molecule has 2 heteroatoms. The van der Waals surface area contributed by atoms with E-state index < -0.39 is 0 Å². The number of benzene rings is 2. The van der Waals surface area contributed by atoms with E-state index in [2.05, 4.69) is 60.1 Å². The lowest BCUT2D eigenvalue weighted by Gasteiger charge is -2.14. The van der Waals surface area contributed by atoms with E-state index in [0.29, 0.717) is 0 Å². The molecule has 106 valence electrons. The minimum atomic E-state index is 0.222. The van der Waals surface area contributed by atoms with Gasteiger partial charge in [0, 0.05) is 5.02 Å². The van der Waals surface area contributed by atoms with Crippen LogP contribution in [0, 0.1) is 6.92 Å². The van der Waals surface area contributed by atoms with Gasteiger partial charge in [-0.05, 0) is 54.2 Å². The Kier molecular flexibility index (Phi) is 5.68. The third-order valence-corrected chi connectivity index (χ3v) is 4.85. The summed E-state index contributed by atoms with van der Waals surface area (Å²) in [7, 11) is 0. The molecule has 0 bridgehead atoms. The normalized spacial score (nSPS) is 12.4. The van der Waals surface area contributed by atoms with E-state index >= 15 is 0 Å². The maximum absolute atomic E-state index is 6.02. The number of rotatable bonds is 5. The highest BCUT2D eigenvalue weighted by Crippen LogP contribution is 2.33. The van der Waals surface area contributed by atoms with Gasteiger partial charge in [0.2, 0.25) is 0 Å². The second-order valence-corrected chi connectivity index (χ2v) is 6.56. The zero-order valence-corrected chi connectivity index (χ0v) is 14.3. The molecule has 2 rings (SSSR count). The van der Waals surface area contributed by atoms with Crippen molar-refractivity contribution in [1.82, 2.24) is 0 Å². The highest BCUT2D eigenvalue weighted by Gasteiger charge is 2.12. The number of hydrogen-bond donors (Lipinski definition) is 0. The van der Waals surface area contributed by atoms with E-state index in [1.54, 1.807) is 0 Å². The summed E-state index contributed by atoms with van der Waals surface area (Å²) in [4.78, 5) is 0.222. The molecule has 0 aromatic heterocycles. The quantitative estimate of drug-likeness (QED) is 0.541. The Morgan fingerprint density at radius 2 is 1.80 bits per heavy atom. The van der Waals surface area contributed by atoms with Crippen LogP contribution in [0.25, 0.3) is 0 Å². The first-order valence-corrected chi connectivity index (χ1v) is 8.40. The molecule has 0 aliphatic carbocycles. The molecule has 0 radical (unpaired) electrons. The minimum Gasteiger partial charge on any atom is -0.0843 e. The molecule has 0 saturated heterocycles. The van der Waals surface area contributed by atoms with Crippen LogP contribution < -0.4 is 0 Å². The number of halogens is 2. The average molecular weight is 352 g/mol. The van der Waals surface area contributed by atoms with Crippen molar-refractivity contribution in [2.45, 2.75) is 37.9 Å². The summed E-state index contributed by atoms with van der Waals surface area (Å²) in [5, 5.41) is 0.792. The molecule has 2 aromatic carbocycles. The summed E-state index contributed by atoms with van der Waals surface area (Å²) in [5.74, 6) is 0. The van der Waals surface area contributed by atoms with Crippen molar-refractivity contribution in [3.8, 4) is 0 Å². The van der Waals surface area contributed by atoms with Crippen molar-refractivity contribution < 1.29 is 0 Å². The molecule has 0 fully saturated rings. The Balaban J connectivity index is 2.18. The lowest BCUT2D eigenvalue weighted by Crippen LogP contribution is -1.96.